The Kier molecular flexibility index (Phi) is 54.4. The maximum Gasteiger partial charge on any atom is 0.472 e. The summed E-state index contributed by atoms with van der Waals surface area (Å²) in [4.78, 5) is 48.6. The van der Waals surface area contributed by atoms with Crippen molar-refractivity contribution in [1.29, 1.82) is 0 Å². The van der Waals surface area contributed by atoms with Gasteiger partial charge in [0, 0.05) is 19.3 Å². The lowest BCUT2D eigenvalue weighted by molar-refractivity contribution is -0.161. The van der Waals surface area contributed by atoms with Crippen molar-refractivity contribution in [3.05, 3.63) is 109 Å². The summed E-state index contributed by atoms with van der Waals surface area (Å²) in [7, 11) is -4.78. The first kappa shape index (κ1) is 72.1. The fourth-order valence-electron chi connectivity index (χ4n) is 7.64. The highest BCUT2D eigenvalue weighted by molar-refractivity contribution is 7.47. The summed E-state index contributed by atoms with van der Waals surface area (Å²) in [6.07, 6.45) is 69.1. The third-order valence-electron chi connectivity index (χ3n) is 12.2. The number of aliphatic hydroxyl groups is 1. The smallest absolute Gasteiger partial charge is 0.462 e. The van der Waals surface area contributed by atoms with Gasteiger partial charge in [-0.25, -0.2) is 4.57 Å². The van der Waals surface area contributed by atoms with E-state index in [1.54, 1.807) is 0 Å². The van der Waals surface area contributed by atoms with Gasteiger partial charge >= 0.3 is 25.7 Å². The summed E-state index contributed by atoms with van der Waals surface area (Å²) in [5.74, 6) is -1.58. The molecule has 0 heterocycles. The molecule has 0 aliphatic rings. The van der Waals surface area contributed by atoms with Crippen LogP contribution in [0, 0.1) is 0 Å². The number of esters is 3. The number of aliphatic hydroxyl groups excluding tert-OH is 1. The van der Waals surface area contributed by atoms with E-state index >= 15 is 0 Å². The van der Waals surface area contributed by atoms with Crippen LogP contribution in [0.3, 0.4) is 0 Å². The van der Waals surface area contributed by atoms with Gasteiger partial charge in [0.15, 0.2) is 6.10 Å². The Morgan fingerprint density at radius 1 is 0.382 bits per heavy atom. The van der Waals surface area contributed by atoms with Gasteiger partial charge < -0.3 is 24.2 Å². The molecule has 0 fully saturated rings. The third kappa shape index (κ3) is 54.9. The Labute approximate surface area is 463 Å². The van der Waals surface area contributed by atoms with Crippen LogP contribution in [0.4, 0.5) is 0 Å². The van der Waals surface area contributed by atoms with Gasteiger partial charge in [-0.2, -0.15) is 0 Å². The van der Waals surface area contributed by atoms with Crippen molar-refractivity contribution in [3.8, 4) is 0 Å². The zero-order valence-corrected chi connectivity index (χ0v) is 48.8. The lowest BCUT2D eigenvalue weighted by Crippen LogP contribution is -2.30. The van der Waals surface area contributed by atoms with Crippen LogP contribution in [-0.2, 0) is 42.2 Å². The molecule has 434 valence electrons. The summed E-state index contributed by atoms with van der Waals surface area (Å²) < 4.78 is 39.5. The van der Waals surface area contributed by atoms with Crippen LogP contribution in [0.1, 0.15) is 239 Å². The quantitative estimate of drug-likeness (QED) is 0.0197. The zero-order chi connectivity index (χ0) is 55.5. The van der Waals surface area contributed by atoms with E-state index < -0.39 is 57.8 Å². The summed E-state index contributed by atoms with van der Waals surface area (Å²) in [5.41, 5.74) is 0. The van der Waals surface area contributed by atoms with Crippen LogP contribution in [0.5, 0.6) is 0 Å². The van der Waals surface area contributed by atoms with Crippen LogP contribution in [-0.4, -0.2) is 66.5 Å². The SMILES string of the molecule is CC/C=C\C/C=C\C/C=C\C/C=C\CCC(=O)OC(CO)COP(=O)(O)OCC(COC(=O)CCCCCCCCC/C=C\C/C=C\CCCCC)OC(=O)CCCCCCCC/C=C\C/C=C\C/C=C\CCCCC. The lowest BCUT2D eigenvalue weighted by Gasteiger charge is -2.21. The first-order valence-electron chi connectivity index (χ1n) is 29.8. The fourth-order valence-corrected chi connectivity index (χ4v) is 8.43. The van der Waals surface area contributed by atoms with Gasteiger partial charge in [-0.05, 0) is 116 Å². The standard InChI is InChI=1S/C64H107O11P/c1-4-7-10-13-16-19-22-25-27-29-30-32-34-37-40-43-46-49-52-55-64(68)75-61(57-71-62(66)53-50-47-44-41-38-36-33-31-28-26-23-20-17-14-11-8-5-2)59-73-76(69,70)72-58-60(56-65)74-63(67)54-51-48-45-42-39-35-24-21-18-15-12-9-6-3/h9,12,16-21,25-28,30,32,35,39,45,48,60-61,65H,4-8,10-11,13-15,22-24,29,31,33-34,36-38,40-44,46-47,49-59H2,1-3H3,(H,69,70)/b12-9-,19-16-,20-17-,21-18-,27-25-,28-26-,32-30-,39-35-,48-45-. The van der Waals surface area contributed by atoms with Gasteiger partial charge in [0.05, 0.1) is 19.8 Å². The van der Waals surface area contributed by atoms with Crippen LogP contribution < -0.4 is 0 Å². The molecule has 0 bridgehead atoms. The van der Waals surface area contributed by atoms with Gasteiger partial charge in [0.1, 0.15) is 12.7 Å². The largest absolute Gasteiger partial charge is 0.472 e. The van der Waals surface area contributed by atoms with Gasteiger partial charge in [-0.3, -0.25) is 23.4 Å². The Morgan fingerprint density at radius 3 is 1.13 bits per heavy atom. The average Bonchev–Trinajstić information content (AvgIpc) is 3.41. The van der Waals surface area contributed by atoms with Crippen molar-refractivity contribution >= 4 is 25.7 Å². The molecule has 0 spiro atoms. The molecule has 0 rings (SSSR count). The minimum absolute atomic E-state index is 0.0500. The summed E-state index contributed by atoms with van der Waals surface area (Å²) in [6.45, 7) is 4.37. The summed E-state index contributed by atoms with van der Waals surface area (Å²) >= 11 is 0. The number of hydrogen-bond acceptors (Lipinski definition) is 10. The van der Waals surface area contributed by atoms with E-state index in [9.17, 15) is 28.9 Å². The summed E-state index contributed by atoms with van der Waals surface area (Å²) in [5, 5.41) is 9.80. The van der Waals surface area contributed by atoms with Crippen LogP contribution in [0.25, 0.3) is 0 Å². The molecular formula is C64H107O11P. The van der Waals surface area contributed by atoms with Crippen molar-refractivity contribution in [1.82, 2.24) is 0 Å². The number of phosphoric acid groups is 1. The van der Waals surface area contributed by atoms with Gasteiger partial charge in [-0.1, -0.05) is 214 Å². The number of rotatable bonds is 54. The van der Waals surface area contributed by atoms with Crippen molar-refractivity contribution in [2.24, 2.45) is 0 Å². The number of carbonyl (C=O) groups is 3. The van der Waals surface area contributed by atoms with Gasteiger partial charge in [0.25, 0.3) is 0 Å². The molecule has 0 aromatic carbocycles. The molecule has 0 aromatic rings. The highest BCUT2D eigenvalue weighted by atomic mass is 31.2. The molecule has 0 radical (unpaired) electrons. The molecule has 3 unspecified atom stereocenters. The molecule has 3 atom stereocenters. The second-order valence-electron chi connectivity index (χ2n) is 19.4. The van der Waals surface area contributed by atoms with Crippen molar-refractivity contribution in [2.45, 2.75) is 251 Å². The zero-order valence-electron chi connectivity index (χ0n) is 47.9. The second-order valence-corrected chi connectivity index (χ2v) is 20.9. The third-order valence-corrected chi connectivity index (χ3v) is 13.1. The van der Waals surface area contributed by atoms with Crippen molar-refractivity contribution < 1.29 is 52.2 Å². The van der Waals surface area contributed by atoms with Gasteiger partial charge in [-0.15, -0.1) is 0 Å². The average molecular weight is 1080 g/mol. The Bertz CT molecular complexity index is 1690. The van der Waals surface area contributed by atoms with E-state index in [0.717, 1.165) is 116 Å². The maximum atomic E-state index is 12.9. The topological polar surface area (TPSA) is 155 Å². The molecular weight excluding hydrogens is 976 g/mol. The molecule has 0 aliphatic carbocycles. The predicted molar refractivity (Wildman–Crippen MR) is 316 cm³/mol. The number of unbranched alkanes of at least 4 members (excludes halogenated alkanes) is 19. The maximum absolute atomic E-state index is 12.9. The van der Waals surface area contributed by atoms with E-state index in [2.05, 4.69) is 118 Å². The molecule has 12 heteroatoms. The fraction of sp³-hybridized carbons (Fsp3) is 0.672. The summed E-state index contributed by atoms with van der Waals surface area (Å²) in [6, 6.07) is 0. The van der Waals surface area contributed by atoms with Crippen molar-refractivity contribution in [3.63, 3.8) is 0 Å². The molecule has 0 amide bonds. The molecule has 2 N–H and O–H groups in total. The molecule has 11 nitrogen and oxygen atoms in total. The first-order chi connectivity index (χ1) is 37.2. The minimum atomic E-state index is -4.78. The normalized spacial score (nSPS) is 14.1. The lowest BCUT2D eigenvalue weighted by atomic mass is 10.1. The number of carbonyl (C=O) groups excluding carboxylic acids is 3. The van der Waals surface area contributed by atoms with E-state index in [1.165, 1.54) is 64.2 Å². The van der Waals surface area contributed by atoms with E-state index in [-0.39, 0.29) is 25.9 Å². The van der Waals surface area contributed by atoms with Crippen molar-refractivity contribution in [2.75, 3.05) is 26.4 Å². The monoisotopic (exact) mass is 1080 g/mol. The predicted octanol–water partition coefficient (Wildman–Crippen LogP) is 17.8. The van der Waals surface area contributed by atoms with E-state index in [0.29, 0.717) is 19.3 Å². The highest BCUT2D eigenvalue weighted by Gasteiger charge is 2.28. The molecule has 0 saturated heterocycles. The molecule has 76 heavy (non-hydrogen) atoms. The number of hydrogen-bond donors (Lipinski definition) is 2. The molecule has 0 saturated carbocycles. The molecule has 0 aliphatic heterocycles. The highest BCUT2D eigenvalue weighted by Crippen LogP contribution is 2.43. The molecule has 0 aromatic heterocycles. The van der Waals surface area contributed by atoms with Crippen LogP contribution >= 0.6 is 7.82 Å². The Morgan fingerprint density at radius 2 is 0.711 bits per heavy atom. The number of allylic oxidation sites excluding steroid dienone is 18. The number of phosphoric ester groups is 1. The Hall–Kier alpha value is -3.86. The van der Waals surface area contributed by atoms with Crippen LogP contribution in [0.2, 0.25) is 0 Å². The van der Waals surface area contributed by atoms with Gasteiger partial charge in [0.2, 0.25) is 0 Å². The number of ether oxygens (including phenoxy) is 3. The first-order valence-corrected chi connectivity index (χ1v) is 31.3. The Balaban J connectivity index is 4.83. The van der Waals surface area contributed by atoms with Crippen LogP contribution in [0.15, 0.2) is 109 Å². The van der Waals surface area contributed by atoms with E-state index in [1.807, 2.05) is 12.2 Å². The van der Waals surface area contributed by atoms with E-state index in [4.69, 9.17) is 23.3 Å². The minimum Gasteiger partial charge on any atom is -0.462 e. The second kappa shape index (κ2) is 57.3.